The van der Waals surface area contributed by atoms with E-state index < -0.39 is 22.2 Å². The lowest BCUT2D eigenvalue weighted by Gasteiger charge is -2.30. The molecule has 0 spiro atoms. The molecule has 0 aromatic heterocycles. The number of amides is 1. The summed E-state index contributed by atoms with van der Waals surface area (Å²) in [5, 5.41) is 12.7. The minimum Gasteiger partial charge on any atom is -0.391 e. The van der Waals surface area contributed by atoms with E-state index in [4.69, 9.17) is 0 Å². The predicted octanol–water partition coefficient (Wildman–Crippen LogP) is -0.170. The van der Waals surface area contributed by atoms with Gasteiger partial charge in [0.2, 0.25) is 15.9 Å². The molecule has 0 aromatic rings. The van der Waals surface area contributed by atoms with Crippen molar-refractivity contribution >= 4 is 15.9 Å². The number of sulfonamides is 1. The number of rotatable bonds is 3. The molecule has 2 fully saturated rings. The Kier molecular flexibility index (Phi) is 4.47. The first-order valence-corrected chi connectivity index (χ1v) is 8.69. The molecule has 0 radical (unpaired) electrons. The first-order chi connectivity index (χ1) is 8.89. The van der Waals surface area contributed by atoms with Crippen molar-refractivity contribution in [2.24, 2.45) is 0 Å². The van der Waals surface area contributed by atoms with E-state index in [2.05, 4.69) is 5.32 Å². The van der Waals surface area contributed by atoms with Crippen LogP contribution >= 0.6 is 0 Å². The highest BCUT2D eigenvalue weighted by Gasteiger charge is 2.37. The van der Waals surface area contributed by atoms with Crippen LogP contribution in [0.2, 0.25) is 0 Å². The molecule has 1 heterocycles. The van der Waals surface area contributed by atoms with Gasteiger partial charge in [-0.2, -0.15) is 4.31 Å². The van der Waals surface area contributed by atoms with E-state index >= 15 is 0 Å². The molecule has 2 rings (SSSR count). The van der Waals surface area contributed by atoms with Crippen molar-refractivity contribution in [3.63, 3.8) is 0 Å². The molecular weight excluding hydrogens is 268 g/mol. The fourth-order valence-electron chi connectivity index (χ4n) is 2.96. The number of nitrogens with zero attached hydrogens (tertiary/aromatic N) is 1. The first kappa shape index (κ1) is 14.7. The van der Waals surface area contributed by atoms with E-state index in [1.165, 1.54) is 4.31 Å². The fraction of sp³-hybridized carbons (Fsp3) is 0.917. The Labute approximate surface area is 114 Å². The quantitative estimate of drug-likeness (QED) is 0.755. The molecular formula is C12H22N2O4S. The maximum Gasteiger partial charge on any atom is 0.238 e. The summed E-state index contributed by atoms with van der Waals surface area (Å²) in [5.41, 5.74) is 0. The second-order valence-electron chi connectivity index (χ2n) is 5.50. The van der Waals surface area contributed by atoms with Gasteiger partial charge in [0.05, 0.1) is 18.4 Å². The molecule has 7 heteroatoms. The normalized spacial score (nSPS) is 33.3. The fourth-order valence-corrected chi connectivity index (χ4v) is 4.08. The highest BCUT2D eigenvalue weighted by atomic mass is 32.2. The van der Waals surface area contributed by atoms with Gasteiger partial charge in [-0.3, -0.25) is 4.79 Å². The number of carbonyl (C=O) groups is 1. The summed E-state index contributed by atoms with van der Waals surface area (Å²) in [6.45, 7) is 0.407. The van der Waals surface area contributed by atoms with E-state index in [9.17, 15) is 18.3 Å². The van der Waals surface area contributed by atoms with Gasteiger partial charge in [0.15, 0.2) is 0 Å². The lowest BCUT2D eigenvalue weighted by atomic mass is 9.92. The van der Waals surface area contributed by atoms with Gasteiger partial charge in [0.25, 0.3) is 0 Å². The zero-order valence-corrected chi connectivity index (χ0v) is 12.0. The maximum atomic E-state index is 12.2. The summed E-state index contributed by atoms with van der Waals surface area (Å²) in [4.78, 5) is 12.2. The molecule has 1 saturated heterocycles. The summed E-state index contributed by atoms with van der Waals surface area (Å²) in [6.07, 6.45) is 5.32. The molecule has 1 unspecified atom stereocenters. The minimum absolute atomic E-state index is 0.233. The highest BCUT2D eigenvalue weighted by molar-refractivity contribution is 7.88. The van der Waals surface area contributed by atoms with E-state index in [1.54, 1.807) is 0 Å². The van der Waals surface area contributed by atoms with Gasteiger partial charge in [0.1, 0.15) is 6.04 Å². The SMILES string of the molecule is CS(=O)(=O)N1CCCC1C(=O)N[C@@H]1CCCC[C@H]1O. The van der Waals surface area contributed by atoms with Gasteiger partial charge in [-0.25, -0.2) is 8.42 Å². The van der Waals surface area contributed by atoms with Gasteiger partial charge in [-0.05, 0) is 25.7 Å². The van der Waals surface area contributed by atoms with Gasteiger partial charge < -0.3 is 10.4 Å². The predicted molar refractivity (Wildman–Crippen MR) is 71.0 cm³/mol. The summed E-state index contributed by atoms with van der Waals surface area (Å²) in [5.74, 6) is -0.270. The topological polar surface area (TPSA) is 86.7 Å². The van der Waals surface area contributed by atoms with Crippen molar-refractivity contribution in [3.05, 3.63) is 0 Å². The van der Waals surface area contributed by atoms with Crippen LogP contribution in [0.25, 0.3) is 0 Å². The van der Waals surface area contributed by atoms with Crippen LogP contribution in [0.15, 0.2) is 0 Å². The van der Waals surface area contributed by atoms with Gasteiger partial charge in [-0.1, -0.05) is 12.8 Å². The van der Waals surface area contributed by atoms with Crippen LogP contribution in [0.1, 0.15) is 38.5 Å². The minimum atomic E-state index is -3.34. The molecule has 1 aliphatic heterocycles. The van der Waals surface area contributed by atoms with Crippen molar-refractivity contribution in [1.82, 2.24) is 9.62 Å². The Morgan fingerprint density at radius 2 is 1.89 bits per heavy atom. The Morgan fingerprint density at radius 3 is 2.53 bits per heavy atom. The number of carbonyl (C=O) groups excluding carboxylic acids is 1. The zero-order valence-electron chi connectivity index (χ0n) is 11.2. The third kappa shape index (κ3) is 3.46. The number of hydrogen-bond donors (Lipinski definition) is 2. The molecule has 1 aliphatic carbocycles. The second kappa shape index (κ2) is 5.76. The number of hydrogen-bond acceptors (Lipinski definition) is 4. The molecule has 2 N–H and O–H groups in total. The van der Waals surface area contributed by atoms with E-state index in [0.717, 1.165) is 25.5 Å². The molecule has 110 valence electrons. The second-order valence-corrected chi connectivity index (χ2v) is 7.43. The van der Waals surface area contributed by atoms with Gasteiger partial charge in [0, 0.05) is 6.54 Å². The van der Waals surface area contributed by atoms with Crippen LogP contribution in [-0.4, -0.2) is 54.7 Å². The van der Waals surface area contributed by atoms with Gasteiger partial charge >= 0.3 is 0 Å². The van der Waals surface area contributed by atoms with Crippen molar-refractivity contribution in [3.8, 4) is 0 Å². The van der Waals surface area contributed by atoms with Crippen LogP contribution in [0.4, 0.5) is 0 Å². The Balaban J connectivity index is 1.99. The summed E-state index contributed by atoms with van der Waals surface area (Å²) < 4.78 is 24.5. The number of aliphatic hydroxyl groups is 1. The number of aliphatic hydroxyl groups excluding tert-OH is 1. The smallest absolute Gasteiger partial charge is 0.238 e. The molecule has 0 aromatic carbocycles. The molecule has 0 bridgehead atoms. The molecule has 2 aliphatic rings. The summed E-state index contributed by atoms with van der Waals surface area (Å²) in [7, 11) is -3.34. The average Bonchev–Trinajstić information content (AvgIpc) is 2.81. The number of nitrogens with one attached hydrogen (secondary N) is 1. The van der Waals surface area contributed by atoms with E-state index in [0.29, 0.717) is 25.8 Å². The van der Waals surface area contributed by atoms with Crippen molar-refractivity contribution < 1.29 is 18.3 Å². The molecule has 1 amide bonds. The largest absolute Gasteiger partial charge is 0.391 e. The van der Waals surface area contributed by atoms with Crippen LogP contribution < -0.4 is 5.32 Å². The van der Waals surface area contributed by atoms with E-state index in [-0.39, 0.29) is 11.9 Å². The molecule has 1 saturated carbocycles. The lowest BCUT2D eigenvalue weighted by Crippen LogP contribution is -2.52. The van der Waals surface area contributed by atoms with Crippen molar-refractivity contribution in [1.29, 1.82) is 0 Å². The first-order valence-electron chi connectivity index (χ1n) is 6.85. The Hall–Kier alpha value is -0.660. The van der Waals surface area contributed by atoms with Crippen LogP contribution in [0.5, 0.6) is 0 Å². The standard InChI is InChI=1S/C12H22N2O4S/c1-19(17,18)14-8-4-6-10(14)12(16)13-9-5-2-3-7-11(9)15/h9-11,15H,2-8H2,1H3,(H,13,16)/t9-,10?,11-/m1/s1. The van der Waals surface area contributed by atoms with Crippen LogP contribution in [0, 0.1) is 0 Å². The Morgan fingerprint density at radius 1 is 1.21 bits per heavy atom. The lowest BCUT2D eigenvalue weighted by molar-refractivity contribution is -0.126. The third-order valence-electron chi connectivity index (χ3n) is 3.99. The molecule has 6 nitrogen and oxygen atoms in total. The van der Waals surface area contributed by atoms with Crippen molar-refractivity contribution in [2.45, 2.75) is 56.7 Å². The monoisotopic (exact) mass is 290 g/mol. The average molecular weight is 290 g/mol. The van der Waals surface area contributed by atoms with Crippen LogP contribution in [-0.2, 0) is 14.8 Å². The van der Waals surface area contributed by atoms with Crippen LogP contribution in [0.3, 0.4) is 0 Å². The third-order valence-corrected chi connectivity index (χ3v) is 5.28. The molecule has 19 heavy (non-hydrogen) atoms. The van der Waals surface area contributed by atoms with E-state index in [1.807, 2.05) is 0 Å². The van der Waals surface area contributed by atoms with Crippen molar-refractivity contribution in [2.75, 3.05) is 12.8 Å². The van der Waals surface area contributed by atoms with Gasteiger partial charge in [-0.15, -0.1) is 0 Å². The zero-order chi connectivity index (χ0) is 14.0. The summed E-state index contributed by atoms with van der Waals surface area (Å²) in [6, 6.07) is -0.840. The molecule has 3 atom stereocenters. The summed E-state index contributed by atoms with van der Waals surface area (Å²) >= 11 is 0. The Bertz CT molecular complexity index is 437. The highest BCUT2D eigenvalue weighted by Crippen LogP contribution is 2.22. The maximum absolute atomic E-state index is 12.2.